The van der Waals surface area contributed by atoms with Crippen molar-refractivity contribution in [3.8, 4) is 5.75 Å². The molecule has 0 fully saturated rings. The largest absolute Gasteiger partial charge is 0.508 e. The molecular formula is C20H19BrN2O6. The van der Waals surface area contributed by atoms with Gasteiger partial charge in [-0.1, -0.05) is 22.0 Å². The van der Waals surface area contributed by atoms with Crippen LogP contribution < -0.4 is 10.8 Å². The smallest absolute Gasteiger partial charge is 0.412 e. The van der Waals surface area contributed by atoms with E-state index in [0.29, 0.717) is 21.3 Å². The number of aromatic hydroxyl groups is 1. The molecule has 2 rings (SSSR count). The number of phenolic OH excluding ortho intramolecular Hbond substituents is 1. The molecule has 2 aromatic rings. The van der Waals surface area contributed by atoms with Gasteiger partial charge in [-0.05, 0) is 49.4 Å². The van der Waals surface area contributed by atoms with E-state index in [1.54, 1.807) is 36.4 Å². The van der Waals surface area contributed by atoms with Gasteiger partial charge in [0.05, 0.1) is 0 Å². The molecule has 4 N–H and O–H groups in total. The van der Waals surface area contributed by atoms with Gasteiger partial charge >= 0.3 is 6.09 Å². The van der Waals surface area contributed by atoms with Crippen LogP contribution in [0.15, 0.2) is 59.1 Å². The maximum atomic E-state index is 12.3. The molecule has 0 spiro atoms. The Hall–Kier alpha value is -3.17. The second-order valence-corrected chi connectivity index (χ2v) is 6.89. The molecule has 29 heavy (non-hydrogen) atoms. The van der Waals surface area contributed by atoms with Crippen molar-refractivity contribution in [1.29, 1.82) is 0 Å². The minimum atomic E-state index is -0.910. The number of ketones is 1. The van der Waals surface area contributed by atoms with Crippen molar-refractivity contribution in [3.05, 3.63) is 70.2 Å². The number of amides is 2. The molecule has 0 aliphatic carbocycles. The Kier molecular flexibility index (Phi) is 7.93. The normalized spacial score (nSPS) is 11.7. The van der Waals surface area contributed by atoms with E-state index < -0.39 is 18.1 Å². The Morgan fingerprint density at radius 3 is 2.48 bits per heavy atom. The number of rotatable bonds is 7. The highest BCUT2D eigenvalue weighted by atomic mass is 79.9. The van der Waals surface area contributed by atoms with E-state index in [1.165, 1.54) is 24.5 Å². The maximum absolute atomic E-state index is 12.3. The van der Waals surface area contributed by atoms with E-state index in [4.69, 9.17) is 9.94 Å². The van der Waals surface area contributed by atoms with Crippen LogP contribution in [-0.2, 0) is 9.53 Å². The molecule has 0 heterocycles. The van der Waals surface area contributed by atoms with Gasteiger partial charge < -0.3 is 9.84 Å². The molecule has 9 heteroatoms. The summed E-state index contributed by atoms with van der Waals surface area (Å²) in [6.07, 6.45) is 0.834. The molecule has 8 nitrogen and oxygen atoms in total. The molecular weight excluding hydrogens is 444 g/mol. The number of carbonyl (C=O) groups is 3. The highest BCUT2D eigenvalue weighted by Crippen LogP contribution is 2.32. The highest BCUT2D eigenvalue weighted by Gasteiger charge is 2.20. The molecule has 0 bridgehead atoms. The summed E-state index contributed by atoms with van der Waals surface area (Å²) in [6, 6.07) is 10.9. The Morgan fingerprint density at radius 1 is 1.17 bits per heavy atom. The number of anilines is 1. The van der Waals surface area contributed by atoms with E-state index in [-0.39, 0.29) is 18.0 Å². The zero-order valence-electron chi connectivity index (χ0n) is 15.4. The fourth-order valence-corrected chi connectivity index (χ4v) is 2.80. The van der Waals surface area contributed by atoms with Gasteiger partial charge in [0.2, 0.25) is 0 Å². The molecule has 0 unspecified atom stereocenters. The number of phenols is 1. The van der Waals surface area contributed by atoms with Crippen LogP contribution in [-0.4, -0.2) is 28.1 Å². The first-order chi connectivity index (χ1) is 13.8. The van der Waals surface area contributed by atoms with Gasteiger partial charge in [0, 0.05) is 33.8 Å². The minimum absolute atomic E-state index is 0.0636. The van der Waals surface area contributed by atoms with Crippen LogP contribution in [0.5, 0.6) is 5.75 Å². The van der Waals surface area contributed by atoms with E-state index in [0.717, 1.165) is 6.08 Å². The van der Waals surface area contributed by atoms with Gasteiger partial charge in [0.25, 0.3) is 5.91 Å². The first-order valence-corrected chi connectivity index (χ1v) is 9.27. The standard InChI is InChI=1S/C20H19BrN2O6/c1-12(24)13-5-8-15(9-6-13)22-20(27)29-18(3-2-4-19(26)23-28)16-11-14(21)7-10-17(16)25/h2,4-11,18,25,28H,3H2,1H3,(H,22,27)(H,23,26)/b4-2+/t18-/m0/s1. The van der Waals surface area contributed by atoms with Gasteiger partial charge in [-0.15, -0.1) is 0 Å². The van der Waals surface area contributed by atoms with Crippen LogP contribution >= 0.6 is 15.9 Å². The summed E-state index contributed by atoms with van der Waals surface area (Å²) >= 11 is 3.30. The third-order valence-corrected chi connectivity index (χ3v) is 4.35. The third-order valence-electron chi connectivity index (χ3n) is 3.85. The molecule has 0 aliphatic rings. The molecule has 0 aromatic heterocycles. The average molecular weight is 463 g/mol. The van der Waals surface area contributed by atoms with Crippen molar-refractivity contribution in [2.45, 2.75) is 19.4 Å². The molecule has 0 saturated carbocycles. The van der Waals surface area contributed by atoms with Crippen LogP contribution in [0.1, 0.15) is 35.4 Å². The SMILES string of the molecule is CC(=O)c1ccc(NC(=O)O[C@@H](C/C=C/C(=O)NO)c2cc(Br)ccc2O)cc1. The number of hydroxylamine groups is 1. The van der Waals surface area contributed by atoms with Gasteiger partial charge in [-0.3, -0.25) is 20.1 Å². The van der Waals surface area contributed by atoms with Crippen molar-refractivity contribution >= 4 is 39.4 Å². The molecule has 0 aliphatic heterocycles. The Labute approximate surface area is 175 Å². The predicted molar refractivity (Wildman–Crippen MR) is 109 cm³/mol. The summed E-state index contributed by atoms with van der Waals surface area (Å²) in [5.41, 5.74) is 2.72. The molecule has 1 atom stereocenters. The number of carbonyl (C=O) groups excluding carboxylic acids is 3. The number of ether oxygens (including phenoxy) is 1. The lowest BCUT2D eigenvalue weighted by Gasteiger charge is -2.19. The van der Waals surface area contributed by atoms with Crippen LogP contribution in [0.3, 0.4) is 0 Å². The van der Waals surface area contributed by atoms with E-state index in [2.05, 4.69) is 21.2 Å². The molecule has 2 aromatic carbocycles. The number of halogens is 1. The lowest BCUT2D eigenvalue weighted by atomic mass is 10.0. The van der Waals surface area contributed by atoms with Gasteiger partial charge in [0.15, 0.2) is 5.78 Å². The summed E-state index contributed by atoms with van der Waals surface area (Å²) in [4.78, 5) is 34.8. The zero-order valence-corrected chi connectivity index (χ0v) is 17.0. The fourth-order valence-electron chi connectivity index (χ4n) is 2.42. The Bertz CT molecular complexity index is 927. The second kappa shape index (κ2) is 10.4. The molecule has 2 amide bonds. The van der Waals surface area contributed by atoms with Crippen molar-refractivity contribution in [1.82, 2.24) is 5.48 Å². The second-order valence-electron chi connectivity index (χ2n) is 5.97. The summed E-state index contributed by atoms with van der Waals surface area (Å²) < 4.78 is 6.09. The number of benzene rings is 2. The highest BCUT2D eigenvalue weighted by molar-refractivity contribution is 9.10. The number of nitrogens with one attached hydrogen (secondary N) is 2. The predicted octanol–water partition coefficient (Wildman–Crippen LogP) is 4.10. The molecule has 0 radical (unpaired) electrons. The van der Waals surface area contributed by atoms with E-state index >= 15 is 0 Å². The van der Waals surface area contributed by atoms with E-state index in [9.17, 15) is 19.5 Å². The van der Waals surface area contributed by atoms with Crippen molar-refractivity contribution in [3.63, 3.8) is 0 Å². The van der Waals surface area contributed by atoms with Crippen LogP contribution in [0.25, 0.3) is 0 Å². The van der Waals surface area contributed by atoms with Gasteiger partial charge in [-0.25, -0.2) is 10.3 Å². The first-order valence-electron chi connectivity index (χ1n) is 8.47. The Balaban J connectivity index is 2.16. The van der Waals surface area contributed by atoms with Crippen molar-refractivity contribution < 1.29 is 29.4 Å². The van der Waals surface area contributed by atoms with Gasteiger partial charge in [-0.2, -0.15) is 0 Å². The lowest BCUT2D eigenvalue weighted by molar-refractivity contribution is -0.124. The van der Waals surface area contributed by atoms with Crippen molar-refractivity contribution in [2.24, 2.45) is 0 Å². The fraction of sp³-hybridized carbons (Fsp3) is 0.150. The molecule has 0 saturated heterocycles. The molecule has 152 valence electrons. The van der Waals surface area contributed by atoms with Crippen LogP contribution in [0.4, 0.5) is 10.5 Å². The third kappa shape index (κ3) is 6.74. The lowest BCUT2D eigenvalue weighted by Crippen LogP contribution is -2.18. The summed E-state index contributed by atoms with van der Waals surface area (Å²) in [6.45, 7) is 1.44. The monoisotopic (exact) mass is 462 g/mol. The number of hydrogen-bond donors (Lipinski definition) is 4. The number of Topliss-reactive ketones (excluding diaryl/α,β-unsaturated/α-hetero) is 1. The summed E-state index contributed by atoms with van der Waals surface area (Å²) in [5, 5.41) is 21.2. The maximum Gasteiger partial charge on any atom is 0.412 e. The van der Waals surface area contributed by atoms with Gasteiger partial charge in [0.1, 0.15) is 11.9 Å². The van der Waals surface area contributed by atoms with E-state index in [1.807, 2.05) is 0 Å². The minimum Gasteiger partial charge on any atom is -0.508 e. The van der Waals surface area contributed by atoms with Crippen LogP contribution in [0.2, 0.25) is 0 Å². The van der Waals surface area contributed by atoms with Crippen molar-refractivity contribution in [2.75, 3.05) is 5.32 Å². The Morgan fingerprint density at radius 2 is 1.86 bits per heavy atom. The topological polar surface area (TPSA) is 125 Å². The zero-order chi connectivity index (χ0) is 21.4. The average Bonchev–Trinajstić information content (AvgIpc) is 2.69. The number of hydrogen-bond acceptors (Lipinski definition) is 6. The quantitative estimate of drug-likeness (QED) is 0.212. The first kappa shape index (κ1) is 22.1. The summed E-state index contributed by atoms with van der Waals surface area (Å²) in [7, 11) is 0. The summed E-state index contributed by atoms with van der Waals surface area (Å²) in [5.74, 6) is -0.919. The van der Waals surface area contributed by atoms with Crippen LogP contribution in [0, 0.1) is 0 Å².